The predicted molar refractivity (Wildman–Crippen MR) is 134 cm³/mol. The molecule has 3 aromatic rings. The van der Waals surface area contributed by atoms with Gasteiger partial charge in [-0.1, -0.05) is 17.4 Å². The van der Waals surface area contributed by atoms with E-state index in [1.54, 1.807) is 13.0 Å². The summed E-state index contributed by atoms with van der Waals surface area (Å²) in [5, 5.41) is 6.19. The molecule has 1 atom stereocenters. The zero-order valence-corrected chi connectivity index (χ0v) is 22.0. The fourth-order valence-corrected chi connectivity index (χ4v) is 6.79. The van der Waals surface area contributed by atoms with Gasteiger partial charge in [-0.25, -0.2) is 23.4 Å². The number of fused-ring (bicyclic) bond motifs is 1. The van der Waals surface area contributed by atoms with E-state index >= 15 is 0 Å². The third-order valence-electron chi connectivity index (χ3n) is 5.75. The van der Waals surface area contributed by atoms with E-state index in [1.807, 2.05) is 6.92 Å². The average Bonchev–Trinajstić information content (AvgIpc) is 3.27. The van der Waals surface area contributed by atoms with E-state index in [9.17, 15) is 26.4 Å². The van der Waals surface area contributed by atoms with E-state index in [4.69, 9.17) is 0 Å². The van der Waals surface area contributed by atoms with Gasteiger partial charge in [-0.15, -0.1) is 0 Å². The summed E-state index contributed by atoms with van der Waals surface area (Å²) < 4.78 is 67.8. The van der Waals surface area contributed by atoms with Crippen LogP contribution in [0.15, 0.2) is 28.6 Å². The summed E-state index contributed by atoms with van der Waals surface area (Å²) in [6, 6.07) is 3.71. The Kier molecular flexibility index (Phi) is 7.69. The van der Waals surface area contributed by atoms with Crippen molar-refractivity contribution in [3.05, 3.63) is 35.8 Å². The molecule has 0 saturated carbocycles. The number of hydrogen-bond donors (Lipinski definition) is 2. The van der Waals surface area contributed by atoms with Crippen molar-refractivity contribution in [1.82, 2.24) is 24.2 Å². The van der Waals surface area contributed by atoms with Gasteiger partial charge in [-0.2, -0.15) is 17.5 Å². The molecule has 0 unspecified atom stereocenters. The highest BCUT2D eigenvalue weighted by molar-refractivity contribution is 7.91. The minimum atomic E-state index is -4.53. The molecule has 2 N–H and O–H groups in total. The molecule has 37 heavy (non-hydrogen) atoms. The van der Waals surface area contributed by atoms with Crippen molar-refractivity contribution >= 4 is 49.1 Å². The molecule has 0 bridgehead atoms. The first-order valence-corrected chi connectivity index (χ1v) is 13.7. The van der Waals surface area contributed by atoms with Gasteiger partial charge in [-0.05, 0) is 26.0 Å². The van der Waals surface area contributed by atoms with Crippen molar-refractivity contribution < 1.29 is 26.4 Å². The summed E-state index contributed by atoms with van der Waals surface area (Å²) in [4.78, 5) is 25.6. The number of amides is 1. The first-order valence-electron chi connectivity index (χ1n) is 11.4. The number of aryl methyl sites for hydroxylation is 1. The van der Waals surface area contributed by atoms with Crippen molar-refractivity contribution in [3.63, 3.8) is 0 Å². The molecule has 0 aliphatic carbocycles. The molecule has 1 aliphatic heterocycles. The number of aromatic nitrogens is 3. The largest absolute Gasteiger partial charge is 0.418 e. The lowest BCUT2D eigenvalue weighted by molar-refractivity contribution is -0.136. The molecule has 0 radical (unpaired) electrons. The van der Waals surface area contributed by atoms with Crippen LogP contribution in [0.3, 0.4) is 0 Å². The highest BCUT2D eigenvalue weighted by Crippen LogP contribution is 2.35. The van der Waals surface area contributed by atoms with Gasteiger partial charge in [0.1, 0.15) is 11.6 Å². The lowest BCUT2D eigenvalue weighted by atomic mass is 10.1. The summed E-state index contributed by atoms with van der Waals surface area (Å²) in [6.07, 6.45) is -3.30. The summed E-state index contributed by atoms with van der Waals surface area (Å²) in [5.41, 5.74) is -0.964. The Labute approximate surface area is 216 Å². The fourth-order valence-electron chi connectivity index (χ4n) is 4.14. The molecule has 1 saturated heterocycles. The maximum Gasteiger partial charge on any atom is 0.418 e. The van der Waals surface area contributed by atoms with Crippen molar-refractivity contribution in [2.75, 3.05) is 43.4 Å². The molecule has 3 heterocycles. The van der Waals surface area contributed by atoms with Gasteiger partial charge in [-0.3, -0.25) is 9.69 Å². The molecular formula is C22H26F3N7O3S2. The Bertz CT molecular complexity index is 1400. The van der Waals surface area contributed by atoms with Gasteiger partial charge >= 0.3 is 6.18 Å². The van der Waals surface area contributed by atoms with Crippen LogP contribution < -0.4 is 10.6 Å². The van der Waals surface area contributed by atoms with Crippen LogP contribution >= 0.6 is 11.3 Å². The fraction of sp³-hybridized carbons (Fsp3) is 0.455. The number of thiazole rings is 1. The van der Waals surface area contributed by atoms with Crippen LogP contribution in [-0.2, 0) is 21.0 Å². The molecule has 1 amide bonds. The van der Waals surface area contributed by atoms with Gasteiger partial charge in [0.05, 0.1) is 17.3 Å². The predicted octanol–water partition coefficient (Wildman–Crippen LogP) is 3.18. The van der Waals surface area contributed by atoms with Gasteiger partial charge in [0, 0.05) is 51.1 Å². The molecule has 1 fully saturated rings. The standard InChI is InChI=1S/C22H26F3N7O3S2/c1-13(27-20-16-5-4-6-17(22(23,24)25)19(16)28-14(2)29-20)12-31-7-9-32(10-8-31)37(34,35)18-11-26-21(36-18)30-15(3)33/h4-6,11,13H,7-10,12H2,1-3H3,(H,26,30,33)(H,27,28,29)/t13-/m0/s1. The summed E-state index contributed by atoms with van der Waals surface area (Å²) in [6.45, 7) is 6.78. The number of halogens is 3. The van der Waals surface area contributed by atoms with Crippen LogP contribution in [0.4, 0.5) is 24.1 Å². The number of carbonyl (C=O) groups is 1. The number of benzene rings is 1. The van der Waals surface area contributed by atoms with E-state index in [-0.39, 0.29) is 51.1 Å². The molecule has 0 spiro atoms. The number of nitrogens with one attached hydrogen (secondary N) is 2. The Morgan fingerprint density at radius 3 is 2.54 bits per heavy atom. The Morgan fingerprint density at radius 2 is 1.89 bits per heavy atom. The van der Waals surface area contributed by atoms with E-state index in [0.29, 0.717) is 25.5 Å². The maximum atomic E-state index is 13.5. The van der Waals surface area contributed by atoms with Gasteiger partial charge < -0.3 is 10.6 Å². The van der Waals surface area contributed by atoms with Crippen LogP contribution in [0.5, 0.6) is 0 Å². The Hall–Kier alpha value is -2.88. The van der Waals surface area contributed by atoms with Crippen LogP contribution in [-0.4, -0.2) is 77.2 Å². The molecule has 10 nitrogen and oxygen atoms in total. The Morgan fingerprint density at radius 1 is 1.19 bits per heavy atom. The zero-order chi connectivity index (χ0) is 27.0. The van der Waals surface area contributed by atoms with Crippen LogP contribution in [0.25, 0.3) is 10.9 Å². The van der Waals surface area contributed by atoms with Crippen molar-refractivity contribution in [2.24, 2.45) is 0 Å². The van der Waals surface area contributed by atoms with E-state index in [1.165, 1.54) is 23.5 Å². The van der Waals surface area contributed by atoms with Gasteiger partial charge in [0.25, 0.3) is 10.0 Å². The molecule has 1 aliphatic rings. The molecule has 1 aromatic carbocycles. The smallest absolute Gasteiger partial charge is 0.366 e. The van der Waals surface area contributed by atoms with Crippen LogP contribution in [0, 0.1) is 6.92 Å². The maximum absolute atomic E-state index is 13.5. The second kappa shape index (κ2) is 10.5. The quantitative estimate of drug-likeness (QED) is 0.455. The van der Waals surface area contributed by atoms with Crippen molar-refractivity contribution in [2.45, 2.75) is 37.2 Å². The number of carbonyl (C=O) groups excluding carboxylic acids is 1. The first-order chi connectivity index (χ1) is 17.3. The van der Waals surface area contributed by atoms with E-state index in [0.717, 1.165) is 17.4 Å². The van der Waals surface area contributed by atoms with Gasteiger partial charge in [0.2, 0.25) is 5.91 Å². The van der Waals surface area contributed by atoms with E-state index in [2.05, 4.69) is 30.5 Å². The highest BCUT2D eigenvalue weighted by atomic mass is 32.2. The molecule has 15 heteroatoms. The third-order valence-corrected chi connectivity index (χ3v) is 9.00. The third kappa shape index (κ3) is 6.17. The number of hydrogen-bond acceptors (Lipinski definition) is 9. The first kappa shape index (κ1) is 27.2. The molecule has 200 valence electrons. The second-order valence-corrected chi connectivity index (χ2v) is 11.9. The monoisotopic (exact) mass is 557 g/mol. The topological polar surface area (TPSA) is 120 Å². The Balaban J connectivity index is 1.40. The van der Waals surface area contributed by atoms with Crippen LogP contribution in [0.1, 0.15) is 25.2 Å². The molecule has 2 aromatic heterocycles. The van der Waals surface area contributed by atoms with Crippen LogP contribution in [0.2, 0.25) is 0 Å². The number of para-hydroxylation sites is 1. The number of alkyl halides is 3. The van der Waals surface area contributed by atoms with Gasteiger partial charge in [0.15, 0.2) is 9.34 Å². The lowest BCUT2D eigenvalue weighted by Gasteiger charge is -2.35. The minimum Gasteiger partial charge on any atom is -0.366 e. The average molecular weight is 558 g/mol. The second-order valence-electron chi connectivity index (χ2n) is 8.73. The SMILES string of the molecule is CC(=O)Nc1ncc(S(=O)(=O)N2CCN(C[C@H](C)Nc3nc(C)nc4c(C(F)(F)F)cccc34)CC2)s1. The highest BCUT2D eigenvalue weighted by Gasteiger charge is 2.34. The number of anilines is 2. The van der Waals surface area contributed by atoms with Crippen molar-refractivity contribution in [3.8, 4) is 0 Å². The van der Waals surface area contributed by atoms with Crippen molar-refractivity contribution in [1.29, 1.82) is 0 Å². The summed E-state index contributed by atoms with van der Waals surface area (Å²) in [7, 11) is -3.74. The summed E-state index contributed by atoms with van der Waals surface area (Å²) in [5.74, 6) is 0.213. The molecule has 4 rings (SSSR count). The summed E-state index contributed by atoms with van der Waals surface area (Å²) >= 11 is 0.900. The number of sulfonamides is 1. The molecular weight excluding hydrogens is 531 g/mol. The minimum absolute atomic E-state index is 0.0592. The van der Waals surface area contributed by atoms with E-state index < -0.39 is 21.8 Å². The lowest BCUT2D eigenvalue weighted by Crippen LogP contribution is -2.50. The number of nitrogens with zero attached hydrogens (tertiary/aromatic N) is 5. The normalized spacial score (nSPS) is 16.6. The zero-order valence-electron chi connectivity index (χ0n) is 20.3. The number of piperazine rings is 1. The number of rotatable bonds is 7.